The van der Waals surface area contributed by atoms with E-state index in [0.717, 1.165) is 47.6 Å². The Hall–Kier alpha value is -4.53. The zero-order valence-electron chi connectivity index (χ0n) is 49.3. The van der Waals surface area contributed by atoms with Crippen molar-refractivity contribution in [2.75, 3.05) is 70.7 Å². The molecule has 24 heteroatoms. The van der Waals surface area contributed by atoms with Gasteiger partial charge in [0.15, 0.2) is 10.8 Å². The highest BCUT2D eigenvalue weighted by Gasteiger charge is 2.69. The quantitative estimate of drug-likeness (QED) is 0.111. The maximum absolute atomic E-state index is 14.5. The van der Waals surface area contributed by atoms with Crippen LogP contribution in [0.5, 0.6) is 0 Å². The lowest BCUT2D eigenvalue weighted by Crippen LogP contribution is -2.61. The Labute approximate surface area is 503 Å². The van der Waals surface area contributed by atoms with Crippen LogP contribution in [0.1, 0.15) is 102 Å². The first kappa shape index (κ1) is 63.1. The lowest BCUT2D eigenvalue weighted by atomic mass is 9.81. The first-order chi connectivity index (χ1) is 41.6. The van der Waals surface area contributed by atoms with Gasteiger partial charge in [0.25, 0.3) is 10.0 Å². The highest BCUT2D eigenvalue weighted by molar-refractivity contribution is 7.92. The first-order valence-corrected chi connectivity index (χ1v) is 32.2. The summed E-state index contributed by atoms with van der Waals surface area (Å²) >= 11 is 0. The topological polar surface area (TPSA) is 286 Å². The predicted molar refractivity (Wildman–Crippen MR) is 307 cm³/mol. The number of nitrogens with one attached hydrogen (secondary N) is 1. The van der Waals surface area contributed by atoms with Gasteiger partial charge in [-0.1, -0.05) is 32.2 Å². The van der Waals surface area contributed by atoms with E-state index >= 15 is 0 Å². The van der Waals surface area contributed by atoms with Gasteiger partial charge in [-0.05, 0) is 91.8 Å². The number of fused-ring (bicyclic) bond motifs is 6. The van der Waals surface area contributed by atoms with Crippen LogP contribution in [0, 0.1) is 23.2 Å². The van der Waals surface area contributed by atoms with Crippen molar-refractivity contribution in [1.29, 1.82) is 5.26 Å². The molecule has 10 aliphatic rings. The van der Waals surface area contributed by atoms with Crippen LogP contribution >= 0.6 is 0 Å². The van der Waals surface area contributed by atoms with E-state index in [0.29, 0.717) is 69.7 Å². The maximum atomic E-state index is 14.5. The monoisotopic (exact) mass is 1220 g/mol. The molecule has 11 heterocycles. The molecule has 472 valence electrons. The number of pyridine rings is 1. The number of aliphatic hydroxyl groups is 1. The third-order valence-corrected chi connectivity index (χ3v) is 20.4. The van der Waals surface area contributed by atoms with E-state index in [2.05, 4.69) is 30.4 Å². The number of aliphatic hydroxyl groups excluding tert-OH is 1. The summed E-state index contributed by atoms with van der Waals surface area (Å²) in [4.78, 5) is 31.7. The van der Waals surface area contributed by atoms with Gasteiger partial charge < -0.3 is 77.7 Å². The van der Waals surface area contributed by atoms with Gasteiger partial charge in [0.05, 0.1) is 125 Å². The summed E-state index contributed by atoms with van der Waals surface area (Å²) in [6, 6.07) is 11.0. The summed E-state index contributed by atoms with van der Waals surface area (Å²) in [7, 11) is -2.62. The number of ether oxygens (including phenoxy) is 13. The first-order valence-electron chi connectivity index (χ1n) is 30.8. The molecule has 2 aromatic rings. The van der Waals surface area contributed by atoms with Crippen molar-refractivity contribution < 1.29 is 84.7 Å². The lowest BCUT2D eigenvalue weighted by Gasteiger charge is -2.47. The van der Waals surface area contributed by atoms with Crippen LogP contribution < -0.4 is 15.4 Å². The molecule has 1 unspecified atom stereocenters. The Bertz CT molecular complexity index is 2830. The van der Waals surface area contributed by atoms with Crippen LogP contribution in [0.25, 0.3) is 0 Å². The molecule has 1 aromatic carbocycles. The van der Waals surface area contributed by atoms with Crippen molar-refractivity contribution in [3.05, 3.63) is 78.0 Å². The maximum Gasteiger partial charge on any atom is 0.407 e. The summed E-state index contributed by atoms with van der Waals surface area (Å²) < 4.78 is 112. The number of sulfonamides is 1. The zero-order valence-corrected chi connectivity index (χ0v) is 50.1. The number of carbonyl (C=O) groups is 2. The van der Waals surface area contributed by atoms with Crippen LogP contribution in [0.2, 0.25) is 0 Å². The second-order valence-corrected chi connectivity index (χ2v) is 26.3. The Kier molecular flexibility index (Phi) is 20.6. The largest absolute Gasteiger partial charge is 0.445 e. The number of aromatic nitrogens is 1. The molecular weight excluding hydrogens is 1130 g/mol. The van der Waals surface area contributed by atoms with E-state index in [1.165, 1.54) is 18.3 Å². The van der Waals surface area contributed by atoms with E-state index in [9.17, 15) is 28.4 Å². The standard InChI is InChI=1S/C62H85N5O18S/c1-36-25-44-10-12-48-37(2)26-46(78-48)15-16-62-31-53-57(84-62)58-59(83-53)60(85-62)56-49(82-58)13-11-45(80-56)27-42(68)28-47-51(30-50(79-44)38(36)3)81-52(55(47)73-4)29-43(69)34-66-61(70)77-35-39-5-8-41(9-6-39)67(18-20-75-22-24-76-23-21-74-19-17-63)86(71,72)54-14-7-40(32-64)33-65-54/h5-9,14,33,36,43-53,55-60,69H,2-3,10-13,15-31,34-35,63H2,1,4H3,(H,66,70)/t36-,43+,44+,45-,46+,47+,48+,49+,50-,51+,52-,53-,55-,56+,57+,58?,59-,60+,62+/m1/s1. The van der Waals surface area contributed by atoms with Crippen LogP contribution in [0.4, 0.5) is 10.5 Å². The average Bonchev–Trinajstić information content (AvgIpc) is 1.60. The summed E-state index contributed by atoms with van der Waals surface area (Å²) in [6.07, 6.45) is 1.97. The number of methoxy groups -OCH3 is 1. The highest BCUT2D eigenvalue weighted by atomic mass is 32.2. The second-order valence-electron chi connectivity index (χ2n) is 24.5. The number of Topliss-reactive ketones (excluding diaryl/α,β-unsaturated/α-hetero) is 1. The van der Waals surface area contributed by atoms with Crippen molar-refractivity contribution >= 4 is 27.6 Å². The van der Waals surface area contributed by atoms with E-state index < -0.39 is 64.4 Å². The van der Waals surface area contributed by atoms with Gasteiger partial charge in [0.1, 0.15) is 49.0 Å². The fourth-order valence-corrected chi connectivity index (χ4v) is 15.7. The van der Waals surface area contributed by atoms with Crippen LogP contribution in [0.15, 0.2) is 71.9 Å². The van der Waals surface area contributed by atoms with Crippen LogP contribution in [0.3, 0.4) is 0 Å². The third-order valence-electron chi connectivity index (χ3n) is 18.6. The molecule has 12 bridgehead atoms. The van der Waals surface area contributed by atoms with E-state index in [1.54, 1.807) is 31.4 Å². The molecular formula is C62H85N5O18S. The SMILES string of the molecule is C=C1C[C@@H]2CC[C@@]34C[C@H]5O[C@@H]6C(O[C@H]7CC[C@H](CC(=O)C[C@@H]8[C@@H](OC)[C@@H](C[C@H](O)CNC(=O)OCc9ccc(N(CCOCCOCCOCCN)S(=O)(=O)c%10ccc(C#N)cn%10)cc9)O[C@H]8C[C@H]8O[C@@H](CC[C@@H]1O2)C[C@@H](C)C8=C)O[C@@H]7[C@@H]6O3)[C@H]5O4. The summed E-state index contributed by atoms with van der Waals surface area (Å²) in [5.74, 6) is -1.08. The smallest absolute Gasteiger partial charge is 0.407 e. The van der Waals surface area contributed by atoms with Crippen molar-refractivity contribution in [3.63, 3.8) is 0 Å². The number of amides is 1. The van der Waals surface area contributed by atoms with Gasteiger partial charge in [-0.2, -0.15) is 13.7 Å². The summed E-state index contributed by atoms with van der Waals surface area (Å²) in [5, 5.41) is 23.2. The fraction of sp³-hybridized carbons (Fsp3) is 0.710. The van der Waals surface area contributed by atoms with Gasteiger partial charge in [-0.15, -0.1) is 0 Å². The van der Waals surface area contributed by atoms with Crippen molar-refractivity contribution in [3.8, 4) is 6.07 Å². The number of hydrogen-bond acceptors (Lipinski definition) is 21. The number of carbonyl (C=O) groups excluding carboxylic acids is 2. The van der Waals surface area contributed by atoms with Gasteiger partial charge >= 0.3 is 6.09 Å². The molecule has 1 amide bonds. The molecule has 1 aromatic heterocycles. The Morgan fingerprint density at radius 2 is 1.55 bits per heavy atom. The number of anilines is 1. The minimum atomic E-state index is -4.21. The van der Waals surface area contributed by atoms with Gasteiger partial charge in [0.2, 0.25) is 0 Å². The van der Waals surface area contributed by atoms with Crippen LogP contribution in [-0.2, 0) is 83.0 Å². The highest BCUT2D eigenvalue weighted by Crippen LogP contribution is 2.54. The molecule has 10 saturated heterocycles. The third kappa shape index (κ3) is 14.4. The number of benzene rings is 1. The number of nitriles is 1. The minimum Gasteiger partial charge on any atom is -0.445 e. The van der Waals surface area contributed by atoms with E-state index in [4.69, 9.17) is 67.3 Å². The molecule has 4 N–H and O–H groups in total. The number of ketones is 1. The number of alkyl carbamates (subject to hydrolysis) is 1. The Morgan fingerprint density at radius 3 is 2.30 bits per heavy atom. The zero-order chi connectivity index (χ0) is 60.1. The van der Waals surface area contributed by atoms with Crippen LogP contribution in [-0.4, -0.2) is 200 Å². The van der Waals surface area contributed by atoms with Crippen molar-refractivity contribution in [2.45, 2.75) is 205 Å². The van der Waals surface area contributed by atoms with Crippen molar-refractivity contribution in [1.82, 2.24) is 10.3 Å². The van der Waals surface area contributed by atoms with Gasteiger partial charge in [-0.3, -0.25) is 9.10 Å². The molecule has 0 aliphatic carbocycles. The predicted octanol–water partition coefficient (Wildman–Crippen LogP) is 4.88. The van der Waals surface area contributed by atoms with E-state index in [-0.39, 0.29) is 142 Å². The van der Waals surface area contributed by atoms with Crippen molar-refractivity contribution in [2.24, 2.45) is 17.6 Å². The summed E-state index contributed by atoms with van der Waals surface area (Å²) in [5.41, 5.74) is 8.56. The lowest BCUT2D eigenvalue weighted by molar-refractivity contribution is -0.292. The van der Waals surface area contributed by atoms with Gasteiger partial charge in [0, 0.05) is 70.8 Å². The minimum absolute atomic E-state index is 0.00400. The molecule has 23 nitrogen and oxygen atoms in total. The van der Waals surface area contributed by atoms with E-state index in [1.807, 2.05) is 6.07 Å². The molecule has 10 aliphatic heterocycles. The number of nitrogens with two attached hydrogens (primary N) is 1. The average molecular weight is 1220 g/mol. The molecule has 86 heavy (non-hydrogen) atoms. The molecule has 19 atom stereocenters. The molecule has 0 radical (unpaired) electrons. The fourth-order valence-electron chi connectivity index (χ4n) is 14.3. The molecule has 10 fully saturated rings. The second kappa shape index (κ2) is 28.1. The molecule has 0 saturated carbocycles. The number of nitrogens with zero attached hydrogens (tertiary/aromatic N) is 3. The molecule has 1 spiro atoms. The molecule has 12 rings (SSSR count). The number of rotatable bonds is 21. The normalized spacial score (nSPS) is 36.2. The van der Waals surface area contributed by atoms with Gasteiger partial charge in [-0.25, -0.2) is 9.78 Å². The Balaban J connectivity index is 0.718. The number of hydrogen-bond donors (Lipinski definition) is 3. The Morgan fingerprint density at radius 1 is 0.826 bits per heavy atom. The summed E-state index contributed by atoms with van der Waals surface area (Å²) in [6.45, 7) is 12.9.